The smallest absolute Gasteiger partial charge is 0.332 e. The van der Waals surface area contributed by atoms with E-state index in [2.05, 4.69) is 16.0 Å². The Morgan fingerprint density at radius 3 is 2.54 bits per heavy atom. The summed E-state index contributed by atoms with van der Waals surface area (Å²) in [4.78, 5) is 40.7. The zero-order valence-electron chi connectivity index (χ0n) is 32.5. The van der Waals surface area contributed by atoms with Gasteiger partial charge in [-0.15, -0.1) is 0 Å². The minimum absolute atomic E-state index is 0.0159. The summed E-state index contributed by atoms with van der Waals surface area (Å²) >= 11 is 0. The minimum atomic E-state index is -1.10. The van der Waals surface area contributed by atoms with Crippen molar-refractivity contribution in [2.24, 2.45) is 17.3 Å². The van der Waals surface area contributed by atoms with Crippen LogP contribution in [0.25, 0.3) is 0 Å². The van der Waals surface area contributed by atoms with Gasteiger partial charge in [0.1, 0.15) is 17.7 Å². The maximum absolute atomic E-state index is 14.8. The lowest BCUT2D eigenvalue weighted by atomic mass is 9.66. The van der Waals surface area contributed by atoms with Gasteiger partial charge in [-0.3, -0.25) is 9.59 Å². The molecule has 1 aromatic rings. The highest BCUT2D eigenvalue weighted by Crippen LogP contribution is 2.46. The molecule has 6 N–H and O–H groups in total. The average molecular weight is 794 g/mol. The number of likely N-dealkylation sites (N-methyl/N-ethyl adjacent to an activating group) is 1. The van der Waals surface area contributed by atoms with E-state index in [4.69, 9.17) is 14.2 Å². The quantitative estimate of drug-likeness (QED) is 0.135. The monoisotopic (exact) mass is 793 g/mol. The highest BCUT2D eigenvalue weighted by atomic mass is 33.1. The number of benzene rings is 1. The van der Waals surface area contributed by atoms with Gasteiger partial charge in [0, 0.05) is 42.7 Å². The van der Waals surface area contributed by atoms with Crippen molar-refractivity contribution in [1.29, 1.82) is 0 Å². The van der Waals surface area contributed by atoms with Crippen LogP contribution in [0.3, 0.4) is 0 Å². The number of phenolic OH excluding ortho intramolecular Hbond substituents is 1. The molecule has 0 radical (unpaired) electrons. The molecule has 4 fully saturated rings. The van der Waals surface area contributed by atoms with E-state index in [0.29, 0.717) is 94.6 Å². The molecule has 14 heteroatoms. The fraction of sp³-hybridized carbons (Fsp3) is 0.775. The van der Waals surface area contributed by atoms with Crippen molar-refractivity contribution in [3.63, 3.8) is 0 Å². The number of rotatable bonds is 11. The summed E-state index contributed by atoms with van der Waals surface area (Å²) in [5.74, 6) is 0.309. The number of hydrogen-bond acceptors (Lipinski definition) is 13. The van der Waals surface area contributed by atoms with E-state index in [0.717, 1.165) is 24.8 Å². The van der Waals surface area contributed by atoms with Crippen LogP contribution in [0.5, 0.6) is 11.5 Å². The van der Waals surface area contributed by atoms with E-state index in [9.17, 15) is 29.7 Å². The predicted molar refractivity (Wildman–Crippen MR) is 211 cm³/mol. The summed E-state index contributed by atoms with van der Waals surface area (Å²) in [5, 5.41) is 43.0. The fourth-order valence-corrected chi connectivity index (χ4v) is 12.1. The Bertz CT molecular complexity index is 1430. The molecule has 0 bridgehead atoms. The molecule has 1 amide bonds. The van der Waals surface area contributed by atoms with E-state index in [-0.39, 0.29) is 36.0 Å². The van der Waals surface area contributed by atoms with Crippen LogP contribution in [-0.2, 0) is 30.3 Å². The maximum atomic E-state index is 14.8. The van der Waals surface area contributed by atoms with Crippen LogP contribution in [0.4, 0.5) is 0 Å². The molecule has 5 rings (SSSR count). The van der Waals surface area contributed by atoms with Crippen molar-refractivity contribution in [2.45, 2.75) is 139 Å². The number of methoxy groups -OCH3 is 1. The molecule has 54 heavy (non-hydrogen) atoms. The van der Waals surface area contributed by atoms with Crippen LogP contribution in [0.1, 0.15) is 103 Å². The normalized spacial score (nSPS) is 32.0. The molecule has 1 saturated carbocycles. The van der Waals surface area contributed by atoms with Gasteiger partial charge < -0.3 is 45.5 Å². The molecular formula is C40H63N3O9S2. The van der Waals surface area contributed by atoms with Crippen LogP contribution in [0.15, 0.2) is 18.2 Å². The maximum Gasteiger partial charge on any atom is 0.332 e. The van der Waals surface area contributed by atoms with Gasteiger partial charge in [-0.2, -0.15) is 0 Å². The number of phenols is 1. The fourth-order valence-electron chi connectivity index (χ4n) is 9.28. The summed E-state index contributed by atoms with van der Waals surface area (Å²) in [6.45, 7) is 4.61. The number of piperidine rings is 2. The molecule has 1 aromatic carbocycles. The van der Waals surface area contributed by atoms with E-state index in [1.165, 1.54) is 14.0 Å². The highest BCUT2D eigenvalue weighted by Gasteiger charge is 2.54. The summed E-state index contributed by atoms with van der Waals surface area (Å²) < 4.78 is 18.6. The van der Waals surface area contributed by atoms with Crippen LogP contribution in [0, 0.1) is 17.3 Å². The van der Waals surface area contributed by atoms with Crippen LogP contribution in [-0.4, -0.2) is 107 Å². The first-order valence-corrected chi connectivity index (χ1v) is 22.4. The van der Waals surface area contributed by atoms with Gasteiger partial charge in [0.15, 0.2) is 11.5 Å². The molecule has 1 aliphatic carbocycles. The van der Waals surface area contributed by atoms with E-state index < -0.39 is 46.8 Å². The molecule has 3 heterocycles. The Morgan fingerprint density at radius 2 is 1.81 bits per heavy atom. The number of hydrogen-bond donors (Lipinski definition) is 6. The van der Waals surface area contributed by atoms with Crippen molar-refractivity contribution in [1.82, 2.24) is 16.0 Å². The molecule has 0 spiro atoms. The van der Waals surface area contributed by atoms with Gasteiger partial charge in [0.25, 0.3) is 0 Å². The lowest BCUT2D eigenvalue weighted by molar-refractivity contribution is -0.180. The topological polar surface area (TPSA) is 176 Å². The summed E-state index contributed by atoms with van der Waals surface area (Å²) in [7, 11) is 6.58. The second kappa shape index (κ2) is 19.3. The second-order valence-corrected chi connectivity index (χ2v) is 19.0. The number of aliphatic hydroxyl groups excluding tert-OH is 1. The molecule has 3 aliphatic heterocycles. The zero-order chi connectivity index (χ0) is 38.9. The molecule has 0 unspecified atom stereocenters. The predicted octanol–water partition coefficient (Wildman–Crippen LogP) is 4.66. The molecule has 4 aliphatic rings. The second-order valence-electron chi connectivity index (χ2n) is 16.5. The molecular weight excluding hydrogens is 731 g/mol. The van der Waals surface area contributed by atoms with Crippen LogP contribution in [0.2, 0.25) is 0 Å². The van der Waals surface area contributed by atoms with Crippen molar-refractivity contribution < 1.29 is 43.9 Å². The first kappa shape index (κ1) is 42.9. The van der Waals surface area contributed by atoms with E-state index in [1.807, 2.05) is 26.1 Å². The number of ether oxygens (including phenoxy) is 3. The zero-order valence-corrected chi connectivity index (χ0v) is 34.2. The highest BCUT2D eigenvalue weighted by molar-refractivity contribution is 8.76. The first-order chi connectivity index (χ1) is 25.8. The number of amides is 1. The standard InChI is InChI=1S/C40H63N3O9S2/c1-26(44)51-33(28-9-12-31(45)30(41-3)24-53-54-25-38(2,49)16-14-28)22-35(52-37(48)40-15-6-5-7-29(40)10-13-36(47)43-40)39(17-19-42-20-18-39)23-27-8-11-32(46)34(21-27)50-4/h8,11,21,28-31,33,35,41-42,45-46,49H,5-7,9-10,12-20,22-25H2,1-4H3,(H,43,47)/t28-,29-,30+,31+,33-,35+,38-,40-/m0/s1. The van der Waals surface area contributed by atoms with Crippen molar-refractivity contribution in [3.05, 3.63) is 23.8 Å². The summed E-state index contributed by atoms with van der Waals surface area (Å²) in [6.07, 6.45) is 6.25. The Kier molecular flexibility index (Phi) is 15.3. The van der Waals surface area contributed by atoms with Crippen molar-refractivity contribution >= 4 is 39.4 Å². The SMILES string of the molecule is CN[C@@H]1CSSC[C@@](C)(O)CC[C@@H]([C@H](C[C@@H](OC(=O)[C@]23CCCC[C@H]2CCC(=O)N3)C2(Cc3ccc(O)c(OC)c3)CCNCC2)OC(C)=O)CC[C@H]1O. The number of aromatic hydroxyl groups is 1. The summed E-state index contributed by atoms with van der Waals surface area (Å²) in [6, 6.07) is 5.16. The third-order valence-electron chi connectivity index (χ3n) is 12.6. The minimum Gasteiger partial charge on any atom is -0.504 e. The lowest BCUT2D eigenvalue weighted by Gasteiger charge is -2.49. The largest absolute Gasteiger partial charge is 0.504 e. The average Bonchev–Trinajstić information content (AvgIpc) is 3.14. The first-order valence-electron chi connectivity index (χ1n) is 19.9. The number of carbonyl (C=O) groups excluding carboxylic acids is 3. The van der Waals surface area contributed by atoms with E-state index >= 15 is 0 Å². The molecule has 3 saturated heterocycles. The van der Waals surface area contributed by atoms with Gasteiger partial charge in [-0.25, -0.2) is 4.79 Å². The lowest BCUT2D eigenvalue weighted by Crippen LogP contribution is -2.65. The third kappa shape index (κ3) is 10.8. The third-order valence-corrected chi connectivity index (χ3v) is 15.2. The summed E-state index contributed by atoms with van der Waals surface area (Å²) in [5.41, 5.74) is -1.75. The van der Waals surface area contributed by atoms with Crippen LogP contribution >= 0.6 is 21.6 Å². The van der Waals surface area contributed by atoms with Gasteiger partial charge in [-0.1, -0.05) is 40.5 Å². The number of aliphatic hydroxyl groups is 2. The number of fused-ring (bicyclic) bond motifs is 1. The number of esters is 2. The Morgan fingerprint density at radius 1 is 1.04 bits per heavy atom. The van der Waals surface area contributed by atoms with Gasteiger partial charge in [0.2, 0.25) is 5.91 Å². The Labute approximate surface area is 328 Å². The van der Waals surface area contributed by atoms with Crippen molar-refractivity contribution in [2.75, 3.05) is 38.8 Å². The van der Waals surface area contributed by atoms with Crippen molar-refractivity contribution in [3.8, 4) is 11.5 Å². The van der Waals surface area contributed by atoms with Gasteiger partial charge >= 0.3 is 11.9 Å². The molecule has 8 atom stereocenters. The number of carbonyl (C=O) groups is 3. The van der Waals surface area contributed by atoms with E-state index in [1.54, 1.807) is 27.7 Å². The molecule has 304 valence electrons. The van der Waals surface area contributed by atoms with Crippen LogP contribution < -0.4 is 20.7 Å². The number of nitrogens with one attached hydrogen (secondary N) is 3. The molecule has 0 aromatic heterocycles. The van der Waals surface area contributed by atoms with Gasteiger partial charge in [-0.05, 0) is 121 Å². The molecule has 12 nitrogen and oxygen atoms in total. The Hall–Kier alpha value is -2.23. The van der Waals surface area contributed by atoms with Gasteiger partial charge in [0.05, 0.1) is 18.8 Å². The Balaban J connectivity index is 1.55.